The molecule has 0 atom stereocenters. The second-order valence-corrected chi connectivity index (χ2v) is 6.69. The predicted molar refractivity (Wildman–Crippen MR) is 72.0 cm³/mol. The van der Waals surface area contributed by atoms with Gasteiger partial charge in [0.1, 0.15) is 10.7 Å². The molecule has 0 saturated heterocycles. The molecular formula is C12H19N3O3S. The Bertz CT molecular complexity index is 541. The van der Waals surface area contributed by atoms with Gasteiger partial charge in [-0.25, -0.2) is 18.1 Å². The minimum Gasteiger partial charge on any atom is -0.385 e. The molecule has 106 valence electrons. The number of sulfonamides is 1. The zero-order chi connectivity index (χ0) is 13.9. The Hall–Kier alpha value is -1.18. The van der Waals surface area contributed by atoms with Gasteiger partial charge in [-0.3, -0.25) is 0 Å². The van der Waals surface area contributed by atoms with Crippen LogP contribution in [-0.4, -0.2) is 33.7 Å². The predicted octanol–water partition coefficient (Wildman–Crippen LogP) is 0.759. The van der Waals surface area contributed by atoms with Gasteiger partial charge < -0.3 is 10.5 Å². The van der Waals surface area contributed by atoms with Crippen LogP contribution in [-0.2, 0) is 14.8 Å². The van der Waals surface area contributed by atoms with E-state index in [-0.39, 0.29) is 16.1 Å². The van der Waals surface area contributed by atoms with Crippen molar-refractivity contribution in [2.45, 2.75) is 24.2 Å². The van der Waals surface area contributed by atoms with Crippen molar-refractivity contribution in [3.63, 3.8) is 0 Å². The van der Waals surface area contributed by atoms with Gasteiger partial charge in [-0.2, -0.15) is 0 Å². The minimum atomic E-state index is -3.59. The molecule has 0 bridgehead atoms. The molecule has 19 heavy (non-hydrogen) atoms. The number of anilines is 1. The monoisotopic (exact) mass is 285 g/mol. The maximum Gasteiger partial charge on any atom is 0.244 e. The molecule has 7 heteroatoms. The highest BCUT2D eigenvalue weighted by Crippen LogP contribution is 2.48. The van der Waals surface area contributed by atoms with Crippen LogP contribution >= 0.6 is 0 Å². The smallest absolute Gasteiger partial charge is 0.244 e. The van der Waals surface area contributed by atoms with Crippen LogP contribution in [0.3, 0.4) is 0 Å². The summed E-state index contributed by atoms with van der Waals surface area (Å²) in [6.45, 7) is 1.07. The van der Waals surface area contributed by atoms with Crippen LogP contribution in [0.4, 0.5) is 5.82 Å². The Morgan fingerprint density at radius 1 is 1.53 bits per heavy atom. The fourth-order valence-electron chi connectivity index (χ4n) is 1.97. The van der Waals surface area contributed by atoms with Crippen LogP contribution in [0.25, 0.3) is 0 Å². The number of hydrogen-bond donors (Lipinski definition) is 2. The Morgan fingerprint density at radius 3 is 2.84 bits per heavy atom. The molecule has 1 saturated carbocycles. The maximum atomic E-state index is 12.1. The molecule has 1 aromatic rings. The topological polar surface area (TPSA) is 94.3 Å². The highest BCUT2D eigenvalue weighted by Gasteiger charge is 2.42. The van der Waals surface area contributed by atoms with Gasteiger partial charge in [-0.05, 0) is 36.8 Å². The van der Waals surface area contributed by atoms with Gasteiger partial charge >= 0.3 is 0 Å². The molecule has 1 heterocycles. The first-order valence-electron chi connectivity index (χ1n) is 6.18. The second kappa shape index (κ2) is 5.44. The van der Waals surface area contributed by atoms with E-state index in [1.54, 1.807) is 13.2 Å². The molecule has 0 radical (unpaired) electrons. The van der Waals surface area contributed by atoms with Gasteiger partial charge in [0.2, 0.25) is 10.0 Å². The normalized spacial score (nSPS) is 17.3. The third-order valence-corrected chi connectivity index (χ3v) is 4.97. The summed E-state index contributed by atoms with van der Waals surface area (Å²) in [5, 5.41) is 0. The van der Waals surface area contributed by atoms with Crippen LogP contribution in [0.1, 0.15) is 19.3 Å². The van der Waals surface area contributed by atoms with E-state index in [1.165, 1.54) is 12.3 Å². The van der Waals surface area contributed by atoms with E-state index in [1.807, 2.05) is 0 Å². The number of nitrogen functional groups attached to an aromatic ring is 1. The quantitative estimate of drug-likeness (QED) is 0.771. The number of nitrogens with one attached hydrogen (secondary N) is 1. The van der Waals surface area contributed by atoms with E-state index in [0.29, 0.717) is 13.2 Å². The van der Waals surface area contributed by atoms with Crippen LogP contribution in [0.2, 0.25) is 0 Å². The van der Waals surface area contributed by atoms with Crippen LogP contribution < -0.4 is 10.5 Å². The fraction of sp³-hybridized carbons (Fsp3) is 0.583. The van der Waals surface area contributed by atoms with Crippen molar-refractivity contribution in [3.8, 4) is 0 Å². The molecule has 1 fully saturated rings. The summed E-state index contributed by atoms with van der Waals surface area (Å²) < 4.78 is 31.9. The lowest BCUT2D eigenvalue weighted by Crippen LogP contribution is -2.31. The van der Waals surface area contributed by atoms with E-state index >= 15 is 0 Å². The Kier molecular flexibility index (Phi) is 4.07. The first-order chi connectivity index (χ1) is 8.99. The van der Waals surface area contributed by atoms with Gasteiger partial charge in [0.15, 0.2) is 0 Å². The van der Waals surface area contributed by atoms with Gasteiger partial charge in [0.05, 0.1) is 0 Å². The van der Waals surface area contributed by atoms with E-state index in [9.17, 15) is 8.42 Å². The molecule has 0 unspecified atom stereocenters. The number of nitrogens with two attached hydrogens (primary N) is 1. The van der Waals surface area contributed by atoms with Crippen molar-refractivity contribution in [2.24, 2.45) is 5.41 Å². The van der Waals surface area contributed by atoms with Crippen molar-refractivity contribution in [3.05, 3.63) is 18.3 Å². The third-order valence-electron chi connectivity index (χ3n) is 3.52. The number of aromatic nitrogens is 1. The fourth-order valence-corrected chi connectivity index (χ4v) is 3.20. The summed E-state index contributed by atoms with van der Waals surface area (Å²) in [7, 11) is -1.94. The van der Waals surface area contributed by atoms with Crippen LogP contribution in [0.5, 0.6) is 0 Å². The number of methoxy groups -OCH3 is 1. The molecule has 6 nitrogen and oxygen atoms in total. The van der Waals surface area contributed by atoms with E-state index in [2.05, 4.69) is 9.71 Å². The average molecular weight is 285 g/mol. The standard InChI is InChI=1S/C12H19N3O3S/c1-18-8-6-12(4-5-12)9-15-19(16,17)10-3-2-7-14-11(10)13/h2-3,7,15H,4-6,8-9H2,1H3,(H2,13,14). The van der Waals surface area contributed by atoms with Crippen LogP contribution in [0.15, 0.2) is 23.2 Å². The lowest BCUT2D eigenvalue weighted by atomic mass is 10.0. The molecular weight excluding hydrogens is 266 g/mol. The van der Waals surface area contributed by atoms with Gasteiger partial charge in [-0.1, -0.05) is 0 Å². The number of ether oxygens (including phenoxy) is 1. The lowest BCUT2D eigenvalue weighted by Gasteiger charge is -2.16. The summed E-state index contributed by atoms with van der Waals surface area (Å²) in [4.78, 5) is 3.83. The number of nitrogens with zero attached hydrogens (tertiary/aromatic N) is 1. The summed E-state index contributed by atoms with van der Waals surface area (Å²) >= 11 is 0. The number of rotatable bonds is 7. The molecule has 0 aromatic carbocycles. The van der Waals surface area contributed by atoms with E-state index < -0.39 is 10.0 Å². The first kappa shape index (κ1) is 14.2. The molecule has 0 amide bonds. The summed E-state index contributed by atoms with van der Waals surface area (Å²) in [6.07, 6.45) is 4.40. The van der Waals surface area contributed by atoms with Gasteiger partial charge in [0, 0.05) is 26.5 Å². The molecule has 3 N–H and O–H groups in total. The van der Waals surface area contributed by atoms with Crippen molar-refractivity contribution in [1.82, 2.24) is 9.71 Å². The molecule has 0 aliphatic heterocycles. The third kappa shape index (κ3) is 3.43. The largest absolute Gasteiger partial charge is 0.385 e. The van der Waals surface area contributed by atoms with Gasteiger partial charge in [-0.15, -0.1) is 0 Å². The minimum absolute atomic E-state index is 0.0248. The molecule has 0 spiro atoms. The SMILES string of the molecule is COCCC1(CNS(=O)(=O)c2cccnc2N)CC1. The first-order valence-corrected chi connectivity index (χ1v) is 7.67. The Morgan fingerprint density at radius 2 is 2.26 bits per heavy atom. The second-order valence-electron chi connectivity index (χ2n) is 4.95. The van der Waals surface area contributed by atoms with Crippen LogP contribution in [0, 0.1) is 5.41 Å². The lowest BCUT2D eigenvalue weighted by molar-refractivity contribution is 0.173. The summed E-state index contributed by atoms with van der Waals surface area (Å²) in [5.74, 6) is 0.0248. The maximum absolute atomic E-state index is 12.1. The Balaban J connectivity index is 2.01. The van der Waals surface area contributed by atoms with Crippen molar-refractivity contribution in [2.75, 3.05) is 26.0 Å². The zero-order valence-corrected chi connectivity index (χ0v) is 11.7. The van der Waals surface area contributed by atoms with Gasteiger partial charge in [0.25, 0.3) is 0 Å². The summed E-state index contributed by atoms with van der Waals surface area (Å²) in [6, 6.07) is 3.02. The van der Waals surface area contributed by atoms with Crippen molar-refractivity contribution < 1.29 is 13.2 Å². The van der Waals surface area contributed by atoms with Crippen molar-refractivity contribution >= 4 is 15.8 Å². The van der Waals surface area contributed by atoms with Crippen molar-refractivity contribution in [1.29, 1.82) is 0 Å². The average Bonchev–Trinajstić information content (AvgIpc) is 3.15. The molecule has 1 aliphatic carbocycles. The summed E-state index contributed by atoms with van der Waals surface area (Å²) in [5.41, 5.74) is 5.65. The van der Waals surface area contributed by atoms with E-state index in [4.69, 9.17) is 10.5 Å². The number of pyridine rings is 1. The molecule has 1 aromatic heterocycles. The highest BCUT2D eigenvalue weighted by molar-refractivity contribution is 7.89. The number of hydrogen-bond acceptors (Lipinski definition) is 5. The zero-order valence-electron chi connectivity index (χ0n) is 10.9. The highest BCUT2D eigenvalue weighted by atomic mass is 32.2. The van der Waals surface area contributed by atoms with E-state index in [0.717, 1.165) is 19.3 Å². The Labute approximate surface area is 113 Å². The molecule has 2 rings (SSSR count). The molecule has 1 aliphatic rings.